The minimum absolute atomic E-state index is 0.0343. The zero-order chi connectivity index (χ0) is 19.9. The maximum absolute atomic E-state index is 12.8. The van der Waals surface area contributed by atoms with Crippen molar-refractivity contribution in [1.29, 1.82) is 0 Å². The van der Waals surface area contributed by atoms with E-state index >= 15 is 0 Å². The van der Waals surface area contributed by atoms with Crippen LogP contribution < -0.4 is 15.0 Å². The number of amides is 1. The first-order chi connectivity index (χ1) is 13.6. The summed E-state index contributed by atoms with van der Waals surface area (Å²) in [6.07, 6.45) is 1.66. The fraction of sp³-hybridized carbons (Fsp3) is 0.429. The molecular weight excluding hydrogens is 354 g/mol. The Hall–Kier alpha value is -2.80. The average molecular weight is 383 g/mol. The van der Waals surface area contributed by atoms with E-state index < -0.39 is 0 Å². The predicted molar refractivity (Wildman–Crippen MR) is 112 cm³/mol. The summed E-state index contributed by atoms with van der Waals surface area (Å²) in [5, 5.41) is 3.26. The first-order valence-corrected chi connectivity index (χ1v) is 9.60. The molecule has 0 saturated carbocycles. The number of nitrogens with one attached hydrogen (secondary N) is 1. The summed E-state index contributed by atoms with van der Waals surface area (Å²) in [6, 6.07) is 11.7. The molecule has 1 aromatic heterocycles. The van der Waals surface area contributed by atoms with Crippen molar-refractivity contribution < 1.29 is 9.53 Å². The molecular formula is C21H29N5O2. The third-order valence-corrected chi connectivity index (χ3v) is 4.87. The molecule has 1 saturated heterocycles. The molecule has 7 heteroatoms. The van der Waals surface area contributed by atoms with Crippen LogP contribution in [0.3, 0.4) is 0 Å². The number of benzene rings is 1. The molecule has 1 N–H and O–H groups in total. The predicted octanol–water partition coefficient (Wildman–Crippen LogP) is 2.03. The standard InChI is InChI=1S/C21H29N5O2/c1-24(2)11-10-22-20-9-8-17(16-23-20)21(27)26-14-12-25(13-15-26)18-6-4-5-7-19(18)28-3/h4-9,16H,10-15H2,1-3H3,(H,22,23). The molecule has 0 radical (unpaired) electrons. The molecule has 7 nitrogen and oxygen atoms in total. The Bertz CT molecular complexity index is 771. The highest BCUT2D eigenvalue weighted by Gasteiger charge is 2.23. The van der Waals surface area contributed by atoms with Crippen molar-refractivity contribution in [3.05, 3.63) is 48.2 Å². The fourth-order valence-corrected chi connectivity index (χ4v) is 3.26. The molecule has 1 aliphatic rings. The van der Waals surface area contributed by atoms with Crippen molar-refractivity contribution >= 4 is 17.4 Å². The lowest BCUT2D eigenvalue weighted by Gasteiger charge is -2.36. The molecule has 1 amide bonds. The zero-order valence-electron chi connectivity index (χ0n) is 16.9. The number of hydrogen-bond donors (Lipinski definition) is 1. The van der Waals surface area contributed by atoms with Gasteiger partial charge in [0.25, 0.3) is 5.91 Å². The Morgan fingerprint density at radius 3 is 2.54 bits per heavy atom. The van der Waals surface area contributed by atoms with Crippen LogP contribution in [0.5, 0.6) is 5.75 Å². The lowest BCUT2D eigenvalue weighted by molar-refractivity contribution is 0.0746. The number of rotatable bonds is 7. The summed E-state index contributed by atoms with van der Waals surface area (Å²) < 4.78 is 5.46. The number of piperazine rings is 1. The molecule has 3 rings (SSSR count). The summed E-state index contributed by atoms with van der Waals surface area (Å²) in [7, 11) is 5.75. The molecule has 0 unspecified atom stereocenters. The number of ether oxygens (including phenoxy) is 1. The summed E-state index contributed by atoms with van der Waals surface area (Å²) in [5.74, 6) is 1.69. The van der Waals surface area contributed by atoms with Crippen LogP contribution in [0.15, 0.2) is 42.6 Å². The van der Waals surface area contributed by atoms with E-state index in [9.17, 15) is 4.79 Å². The van der Waals surface area contributed by atoms with E-state index in [0.717, 1.165) is 43.4 Å². The molecule has 150 valence electrons. The quantitative estimate of drug-likeness (QED) is 0.789. The number of pyridine rings is 1. The maximum Gasteiger partial charge on any atom is 0.255 e. The molecule has 0 atom stereocenters. The Kier molecular flexibility index (Phi) is 6.71. The van der Waals surface area contributed by atoms with Crippen molar-refractivity contribution in [3.63, 3.8) is 0 Å². The number of carbonyl (C=O) groups excluding carboxylic acids is 1. The highest BCUT2D eigenvalue weighted by molar-refractivity contribution is 5.94. The maximum atomic E-state index is 12.8. The van der Waals surface area contributed by atoms with E-state index in [2.05, 4.69) is 26.2 Å². The van der Waals surface area contributed by atoms with Gasteiger partial charge >= 0.3 is 0 Å². The summed E-state index contributed by atoms with van der Waals surface area (Å²) in [5.41, 5.74) is 1.70. The van der Waals surface area contributed by atoms with Gasteiger partial charge in [0.1, 0.15) is 11.6 Å². The zero-order valence-corrected chi connectivity index (χ0v) is 16.9. The molecule has 1 aromatic carbocycles. The highest BCUT2D eigenvalue weighted by atomic mass is 16.5. The van der Waals surface area contributed by atoms with Gasteiger partial charge in [-0.2, -0.15) is 0 Å². The lowest BCUT2D eigenvalue weighted by atomic mass is 10.2. The highest BCUT2D eigenvalue weighted by Crippen LogP contribution is 2.28. The molecule has 2 aromatic rings. The van der Waals surface area contributed by atoms with Crippen LogP contribution in [-0.4, -0.2) is 81.2 Å². The minimum Gasteiger partial charge on any atom is -0.495 e. The summed E-state index contributed by atoms with van der Waals surface area (Å²) >= 11 is 0. The third-order valence-electron chi connectivity index (χ3n) is 4.87. The van der Waals surface area contributed by atoms with Crippen molar-refractivity contribution in [2.24, 2.45) is 0 Å². The van der Waals surface area contributed by atoms with Crippen molar-refractivity contribution in [2.75, 3.05) is 70.7 Å². The first-order valence-electron chi connectivity index (χ1n) is 9.60. The van der Waals surface area contributed by atoms with Gasteiger partial charge in [-0.1, -0.05) is 12.1 Å². The number of carbonyl (C=O) groups is 1. The van der Waals surface area contributed by atoms with Gasteiger partial charge in [0.15, 0.2) is 0 Å². The fourth-order valence-electron chi connectivity index (χ4n) is 3.26. The van der Waals surface area contributed by atoms with Crippen LogP contribution in [0.1, 0.15) is 10.4 Å². The van der Waals surface area contributed by atoms with Gasteiger partial charge in [-0.25, -0.2) is 4.98 Å². The number of hydrogen-bond acceptors (Lipinski definition) is 6. The Labute approximate surface area is 166 Å². The van der Waals surface area contributed by atoms with Gasteiger partial charge in [0.05, 0.1) is 18.4 Å². The molecule has 1 aliphatic heterocycles. The summed E-state index contributed by atoms with van der Waals surface area (Å²) in [4.78, 5) is 23.4. The molecule has 2 heterocycles. The van der Waals surface area contributed by atoms with Gasteiger partial charge in [-0.15, -0.1) is 0 Å². The van der Waals surface area contributed by atoms with Crippen LogP contribution in [0.25, 0.3) is 0 Å². The number of methoxy groups -OCH3 is 1. The monoisotopic (exact) mass is 383 g/mol. The summed E-state index contributed by atoms with van der Waals surface area (Å²) in [6.45, 7) is 4.67. The number of nitrogens with zero attached hydrogens (tertiary/aromatic N) is 4. The van der Waals surface area contributed by atoms with E-state index in [1.807, 2.05) is 49.3 Å². The van der Waals surface area contributed by atoms with Crippen LogP contribution in [-0.2, 0) is 0 Å². The second-order valence-electron chi connectivity index (χ2n) is 7.11. The smallest absolute Gasteiger partial charge is 0.255 e. The molecule has 1 fully saturated rings. The van der Waals surface area contributed by atoms with E-state index in [4.69, 9.17) is 4.74 Å². The third kappa shape index (κ3) is 4.92. The van der Waals surface area contributed by atoms with Gasteiger partial charge in [0, 0.05) is 45.5 Å². The molecule has 28 heavy (non-hydrogen) atoms. The molecule has 0 aliphatic carbocycles. The van der Waals surface area contributed by atoms with E-state index in [1.165, 1.54) is 0 Å². The lowest BCUT2D eigenvalue weighted by Crippen LogP contribution is -2.48. The van der Waals surface area contributed by atoms with Crippen LogP contribution in [0.2, 0.25) is 0 Å². The van der Waals surface area contributed by atoms with E-state index in [-0.39, 0.29) is 5.91 Å². The number of anilines is 2. The molecule has 0 spiro atoms. The van der Waals surface area contributed by atoms with E-state index in [1.54, 1.807) is 13.3 Å². The second kappa shape index (κ2) is 9.41. The first kappa shape index (κ1) is 19.9. The number of likely N-dealkylation sites (N-methyl/N-ethyl adjacent to an activating group) is 1. The number of para-hydroxylation sites is 2. The minimum atomic E-state index is 0.0343. The number of aromatic nitrogens is 1. The van der Waals surface area contributed by atoms with Gasteiger partial charge in [-0.05, 0) is 38.4 Å². The Balaban J connectivity index is 1.55. The SMILES string of the molecule is COc1ccccc1N1CCN(C(=O)c2ccc(NCCN(C)C)nc2)CC1. The average Bonchev–Trinajstić information content (AvgIpc) is 2.73. The van der Waals surface area contributed by atoms with Gasteiger partial charge < -0.3 is 24.8 Å². The van der Waals surface area contributed by atoms with Gasteiger partial charge in [0.2, 0.25) is 0 Å². The van der Waals surface area contributed by atoms with Crippen molar-refractivity contribution in [2.45, 2.75) is 0 Å². The van der Waals surface area contributed by atoms with Crippen LogP contribution in [0, 0.1) is 0 Å². The van der Waals surface area contributed by atoms with Crippen molar-refractivity contribution in [1.82, 2.24) is 14.8 Å². The Morgan fingerprint density at radius 2 is 1.89 bits per heavy atom. The largest absolute Gasteiger partial charge is 0.495 e. The Morgan fingerprint density at radius 1 is 1.14 bits per heavy atom. The molecule has 0 bridgehead atoms. The van der Waals surface area contributed by atoms with E-state index in [0.29, 0.717) is 18.7 Å². The van der Waals surface area contributed by atoms with Crippen LogP contribution >= 0.6 is 0 Å². The van der Waals surface area contributed by atoms with Crippen molar-refractivity contribution in [3.8, 4) is 5.75 Å². The van der Waals surface area contributed by atoms with Crippen LogP contribution in [0.4, 0.5) is 11.5 Å². The topological polar surface area (TPSA) is 60.9 Å². The normalized spacial score (nSPS) is 14.3. The van der Waals surface area contributed by atoms with Gasteiger partial charge in [-0.3, -0.25) is 4.79 Å². The second-order valence-corrected chi connectivity index (χ2v) is 7.11.